The largest absolute Gasteiger partial charge is 0.416 e. The van der Waals surface area contributed by atoms with E-state index in [1.165, 1.54) is 19.2 Å². The fourth-order valence-corrected chi connectivity index (χ4v) is 1.63. The fourth-order valence-electron chi connectivity index (χ4n) is 1.63. The molecular weight excluding hydrogens is 269 g/mol. The third kappa shape index (κ3) is 5.12. The standard InChI is InChI=1S/C12H14F5NO/c1-18(7-11(13)14)6-10(19)8-3-2-4-9(5-8)12(15,16)17/h2-5,10-11,19H,6-7H2,1H3. The molecule has 2 nitrogen and oxygen atoms in total. The van der Waals surface area contributed by atoms with Crippen molar-refractivity contribution < 1.29 is 27.1 Å². The molecule has 0 fully saturated rings. The highest BCUT2D eigenvalue weighted by Crippen LogP contribution is 2.30. The first-order chi connectivity index (χ1) is 8.70. The number of rotatable bonds is 5. The van der Waals surface area contributed by atoms with Crippen molar-refractivity contribution >= 4 is 0 Å². The van der Waals surface area contributed by atoms with E-state index in [4.69, 9.17) is 0 Å². The van der Waals surface area contributed by atoms with Gasteiger partial charge in [-0.05, 0) is 24.7 Å². The second-order valence-electron chi connectivity index (χ2n) is 4.25. The van der Waals surface area contributed by atoms with Crippen LogP contribution in [0.25, 0.3) is 0 Å². The zero-order valence-corrected chi connectivity index (χ0v) is 10.2. The monoisotopic (exact) mass is 283 g/mol. The minimum Gasteiger partial charge on any atom is -0.387 e. The highest BCUT2D eigenvalue weighted by Gasteiger charge is 2.30. The number of aliphatic hydroxyl groups excluding tert-OH is 1. The molecule has 1 atom stereocenters. The van der Waals surface area contributed by atoms with Gasteiger partial charge in [-0.25, -0.2) is 8.78 Å². The van der Waals surface area contributed by atoms with Crippen molar-refractivity contribution in [3.63, 3.8) is 0 Å². The predicted octanol–water partition coefficient (Wildman–Crippen LogP) is 2.94. The Kier molecular flexibility index (Phi) is 5.25. The van der Waals surface area contributed by atoms with Crippen molar-refractivity contribution in [2.24, 2.45) is 0 Å². The first-order valence-corrected chi connectivity index (χ1v) is 5.52. The van der Waals surface area contributed by atoms with Gasteiger partial charge in [0.2, 0.25) is 0 Å². The van der Waals surface area contributed by atoms with Gasteiger partial charge in [0.25, 0.3) is 6.43 Å². The summed E-state index contributed by atoms with van der Waals surface area (Å²) in [7, 11) is 1.36. The molecule has 0 saturated heterocycles. The molecule has 7 heteroatoms. The summed E-state index contributed by atoms with van der Waals surface area (Å²) in [4.78, 5) is 1.16. The minimum absolute atomic E-state index is 0.0518. The summed E-state index contributed by atoms with van der Waals surface area (Å²) in [6, 6.07) is 4.21. The lowest BCUT2D eigenvalue weighted by Crippen LogP contribution is -2.29. The third-order valence-corrected chi connectivity index (χ3v) is 2.53. The third-order valence-electron chi connectivity index (χ3n) is 2.53. The van der Waals surface area contributed by atoms with Crippen LogP contribution in [-0.2, 0) is 6.18 Å². The van der Waals surface area contributed by atoms with E-state index in [2.05, 4.69) is 0 Å². The van der Waals surface area contributed by atoms with E-state index in [0.717, 1.165) is 17.0 Å². The Morgan fingerprint density at radius 3 is 2.37 bits per heavy atom. The number of benzene rings is 1. The predicted molar refractivity (Wildman–Crippen MR) is 59.9 cm³/mol. The van der Waals surface area contributed by atoms with Crippen molar-refractivity contribution in [2.75, 3.05) is 20.1 Å². The first-order valence-electron chi connectivity index (χ1n) is 5.52. The molecule has 0 aliphatic carbocycles. The van der Waals surface area contributed by atoms with E-state index in [0.29, 0.717) is 0 Å². The van der Waals surface area contributed by atoms with E-state index < -0.39 is 30.8 Å². The van der Waals surface area contributed by atoms with Gasteiger partial charge in [0, 0.05) is 6.54 Å². The first kappa shape index (κ1) is 15.8. The molecule has 1 aromatic rings. The molecule has 0 aromatic heterocycles. The van der Waals surface area contributed by atoms with Gasteiger partial charge in [0.15, 0.2) is 0 Å². The quantitative estimate of drug-likeness (QED) is 0.840. The van der Waals surface area contributed by atoms with Crippen LogP contribution < -0.4 is 0 Å². The van der Waals surface area contributed by atoms with Crippen molar-refractivity contribution in [1.82, 2.24) is 4.90 Å². The van der Waals surface area contributed by atoms with Gasteiger partial charge in [0.1, 0.15) is 0 Å². The fraction of sp³-hybridized carbons (Fsp3) is 0.500. The molecule has 19 heavy (non-hydrogen) atoms. The number of hydrogen-bond acceptors (Lipinski definition) is 2. The van der Waals surface area contributed by atoms with Crippen LogP contribution in [0.1, 0.15) is 17.2 Å². The molecule has 0 aliphatic rings. The number of hydrogen-bond donors (Lipinski definition) is 1. The minimum atomic E-state index is -4.50. The number of nitrogens with zero attached hydrogens (tertiary/aromatic N) is 1. The van der Waals surface area contributed by atoms with Crippen LogP contribution in [-0.4, -0.2) is 36.6 Å². The number of halogens is 5. The Balaban J connectivity index is 2.74. The Bertz CT molecular complexity index is 407. The maximum absolute atomic E-state index is 12.5. The van der Waals surface area contributed by atoms with E-state index in [1.54, 1.807) is 0 Å². The van der Waals surface area contributed by atoms with Gasteiger partial charge >= 0.3 is 6.18 Å². The van der Waals surface area contributed by atoms with Crippen LogP contribution in [0.5, 0.6) is 0 Å². The lowest BCUT2D eigenvalue weighted by Gasteiger charge is -2.20. The summed E-state index contributed by atoms with van der Waals surface area (Å²) >= 11 is 0. The van der Waals surface area contributed by atoms with Crippen LogP contribution in [0.15, 0.2) is 24.3 Å². The number of likely N-dealkylation sites (N-methyl/N-ethyl adjacent to an activating group) is 1. The molecule has 1 unspecified atom stereocenters. The highest BCUT2D eigenvalue weighted by atomic mass is 19.4. The van der Waals surface area contributed by atoms with Gasteiger partial charge in [0.05, 0.1) is 18.2 Å². The van der Waals surface area contributed by atoms with Gasteiger partial charge in [-0.3, -0.25) is 4.90 Å². The van der Waals surface area contributed by atoms with Crippen LogP contribution in [0.4, 0.5) is 22.0 Å². The van der Waals surface area contributed by atoms with Gasteiger partial charge in [-0.15, -0.1) is 0 Å². The molecule has 108 valence electrons. The molecule has 0 saturated carbocycles. The molecule has 0 bridgehead atoms. The Morgan fingerprint density at radius 2 is 1.84 bits per heavy atom. The Morgan fingerprint density at radius 1 is 1.21 bits per heavy atom. The molecular formula is C12H14F5NO. The summed E-state index contributed by atoms with van der Waals surface area (Å²) in [5.74, 6) is 0. The molecule has 0 amide bonds. The van der Waals surface area contributed by atoms with E-state index in [9.17, 15) is 27.1 Å². The van der Waals surface area contributed by atoms with Crippen molar-refractivity contribution in [2.45, 2.75) is 18.7 Å². The van der Waals surface area contributed by atoms with Crippen LogP contribution in [0.3, 0.4) is 0 Å². The Hall–Kier alpha value is -1.21. The van der Waals surface area contributed by atoms with E-state index >= 15 is 0 Å². The summed E-state index contributed by atoms with van der Waals surface area (Å²) in [5.41, 5.74) is -0.823. The van der Waals surface area contributed by atoms with E-state index in [-0.39, 0.29) is 12.1 Å². The van der Waals surface area contributed by atoms with Gasteiger partial charge in [-0.2, -0.15) is 13.2 Å². The summed E-state index contributed by atoms with van der Waals surface area (Å²) in [6.07, 6.45) is -8.30. The average molecular weight is 283 g/mol. The topological polar surface area (TPSA) is 23.5 Å². The normalized spacial score (nSPS) is 14.2. The van der Waals surface area contributed by atoms with Gasteiger partial charge < -0.3 is 5.11 Å². The molecule has 0 spiro atoms. The average Bonchev–Trinajstić information content (AvgIpc) is 2.26. The van der Waals surface area contributed by atoms with Crippen molar-refractivity contribution in [1.29, 1.82) is 0 Å². The SMILES string of the molecule is CN(CC(F)F)CC(O)c1cccc(C(F)(F)F)c1. The summed E-state index contributed by atoms with van der Waals surface area (Å²) in [6.45, 7) is -0.707. The Labute approximate surface area is 107 Å². The molecule has 0 radical (unpaired) electrons. The molecule has 0 heterocycles. The summed E-state index contributed by atoms with van der Waals surface area (Å²) in [5, 5.41) is 9.74. The van der Waals surface area contributed by atoms with Gasteiger partial charge in [-0.1, -0.05) is 12.1 Å². The van der Waals surface area contributed by atoms with Crippen molar-refractivity contribution in [3.8, 4) is 0 Å². The molecule has 0 aliphatic heterocycles. The van der Waals surface area contributed by atoms with E-state index in [1.807, 2.05) is 0 Å². The van der Waals surface area contributed by atoms with Crippen molar-refractivity contribution in [3.05, 3.63) is 35.4 Å². The zero-order valence-electron chi connectivity index (χ0n) is 10.2. The molecule has 1 rings (SSSR count). The maximum Gasteiger partial charge on any atom is 0.416 e. The second-order valence-corrected chi connectivity index (χ2v) is 4.25. The lowest BCUT2D eigenvalue weighted by molar-refractivity contribution is -0.137. The molecule has 1 aromatic carbocycles. The van der Waals surface area contributed by atoms with Crippen LogP contribution in [0.2, 0.25) is 0 Å². The van der Waals surface area contributed by atoms with Crippen LogP contribution in [0, 0.1) is 0 Å². The molecule has 1 N–H and O–H groups in total. The maximum atomic E-state index is 12.5. The second kappa shape index (κ2) is 6.29. The highest BCUT2D eigenvalue weighted by molar-refractivity contribution is 5.27. The number of aliphatic hydroxyl groups is 1. The van der Waals surface area contributed by atoms with Crippen LogP contribution >= 0.6 is 0 Å². The smallest absolute Gasteiger partial charge is 0.387 e. The lowest BCUT2D eigenvalue weighted by atomic mass is 10.1. The zero-order chi connectivity index (χ0) is 14.6. The summed E-state index contributed by atoms with van der Waals surface area (Å²) < 4.78 is 61.6. The number of alkyl halides is 5.